The Kier molecular flexibility index (Phi) is 2.69. The molecule has 0 amide bonds. The summed E-state index contributed by atoms with van der Waals surface area (Å²) in [6.45, 7) is 9.57. The smallest absolute Gasteiger partial charge is 0.196 e. The molecule has 0 aliphatic carbocycles. The Morgan fingerprint density at radius 3 is 2.29 bits per heavy atom. The summed E-state index contributed by atoms with van der Waals surface area (Å²) in [4.78, 5) is 19.5. The second kappa shape index (κ2) is 3.48. The van der Waals surface area contributed by atoms with Crippen LogP contribution in [0.2, 0.25) is 0 Å². The molecule has 0 bridgehead atoms. The van der Waals surface area contributed by atoms with Crippen LogP contribution in [0, 0.1) is 6.92 Å². The van der Waals surface area contributed by atoms with Crippen LogP contribution < -0.4 is 0 Å². The fraction of sp³-hybridized carbons (Fsp3) is 0.545. The normalized spacial score (nSPS) is 11.5. The molecule has 0 aromatic carbocycles. The average molecular weight is 192 g/mol. The Morgan fingerprint density at radius 2 is 1.86 bits per heavy atom. The molecule has 0 aliphatic heterocycles. The van der Waals surface area contributed by atoms with Crippen molar-refractivity contribution in [3.63, 3.8) is 0 Å². The topological polar surface area (TPSA) is 42.9 Å². The summed E-state index contributed by atoms with van der Waals surface area (Å²) in [6, 6.07) is 1.92. The molecular weight excluding hydrogens is 176 g/mol. The molecule has 0 saturated heterocycles. The van der Waals surface area contributed by atoms with Gasteiger partial charge in [0.25, 0.3) is 0 Å². The lowest BCUT2D eigenvalue weighted by molar-refractivity contribution is 0.100. The van der Waals surface area contributed by atoms with Crippen LogP contribution in [0.1, 0.15) is 49.7 Å². The average Bonchev–Trinajstić information content (AvgIpc) is 2.01. The fourth-order valence-electron chi connectivity index (χ4n) is 1.11. The van der Waals surface area contributed by atoms with E-state index in [2.05, 4.69) is 30.7 Å². The van der Waals surface area contributed by atoms with Crippen molar-refractivity contribution in [3.8, 4) is 0 Å². The van der Waals surface area contributed by atoms with E-state index in [1.807, 2.05) is 13.0 Å². The first kappa shape index (κ1) is 10.8. The quantitative estimate of drug-likeness (QED) is 0.641. The second-order valence-corrected chi connectivity index (χ2v) is 4.52. The van der Waals surface area contributed by atoms with Gasteiger partial charge in [0.15, 0.2) is 11.6 Å². The summed E-state index contributed by atoms with van der Waals surface area (Å²) < 4.78 is 0. The van der Waals surface area contributed by atoms with Gasteiger partial charge in [0.2, 0.25) is 0 Å². The highest BCUT2D eigenvalue weighted by molar-refractivity contribution is 5.90. The molecule has 0 spiro atoms. The van der Waals surface area contributed by atoms with Gasteiger partial charge in [0.05, 0.1) is 5.69 Å². The molecule has 0 N–H and O–H groups in total. The van der Waals surface area contributed by atoms with E-state index in [1.165, 1.54) is 6.92 Å². The number of hydrogen-bond acceptors (Lipinski definition) is 3. The summed E-state index contributed by atoms with van der Waals surface area (Å²) in [5, 5.41) is 0. The van der Waals surface area contributed by atoms with Crippen LogP contribution in [0.3, 0.4) is 0 Å². The van der Waals surface area contributed by atoms with E-state index < -0.39 is 0 Å². The van der Waals surface area contributed by atoms with Crippen molar-refractivity contribution in [3.05, 3.63) is 23.3 Å². The molecule has 1 rings (SSSR count). The van der Waals surface area contributed by atoms with Crippen molar-refractivity contribution < 1.29 is 4.79 Å². The molecule has 0 atom stereocenters. The summed E-state index contributed by atoms with van der Waals surface area (Å²) in [5.41, 5.74) is 1.71. The molecule has 1 heterocycles. The lowest BCUT2D eigenvalue weighted by Gasteiger charge is -2.18. The van der Waals surface area contributed by atoms with Gasteiger partial charge in [-0.15, -0.1) is 0 Å². The summed E-state index contributed by atoms with van der Waals surface area (Å²) >= 11 is 0. The summed E-state index contributed by atoms with van der Waals surface area (Å²) in [5.74, 6) is 0.231. The SMILES string of the molecule is CC(=O)c1nc(C)cc(C(C)(C)C)n1. The van der Waals surface area contributed by atoms with Crippen molar-refractivity contribution in [1.29, 1.82) is 0 Å². The van der Waals surface area contributed by atoms with Gasteiger partial charge in [0, 0.05) is 18.0 Å². The predicted molar refractivity (Wildman–Crippen MR) is 55.5 cm³/mol. The fourth-order valence-corrected chi connectivity index (χ4v) is 1.11. The number of carbonyl (C=O) groups excluding carboxylic acids is 1. The van der Waals surface area contributed by atoms with Crippen LogP contribution in [-0.2, 0) is 5.41 Å². The highest BCUT2D eigenvalue weighted by atomic mass is 16.1. The Morgan fingerprint density at radius 1 is 1.29 bits per heavy atom. The van der Waals surface area contributed by atoms with Crippen LogP contribution in [0.4, 0.5) is 0 Å². The van der Waals surface area contributed by atoms with Crippen molar-refractivity contribution in [2.24, 2.45) is 0 Å². The number of hydrogen-bond donors (Lipinski definition) is 0. The van der Waals surface area contributed by atoms with Crippen LogP contribution in [-0.4, -0.2) is 15.8 Å². The highest BCUT2D eigenvalue weighted by Crippen LogP contribution is 2.20. The Labute approximate surface area is 84.6 Å². The standard InChI is InChI=1S/C11H16N2O/c1-7-6-9(11(3,4)5)13-10(12-7)8(2)14/h6H,1-5H3. The predicted octanol–water partition coefficient (Wildman–Crippen LogP) is 2.29. The molecule has 14 heavy (non-hydrogen) atoms. The molecule has 0 fully saturated rings. The van der Waals surface area contributed by atoms with E-state index in [-0.39, 0.29) is 11.2 Å². The molecule has 0 saturated carbocycles. The van der Waals surface area contributed by atoms with Gasteiger partial charge in [-0.2, -0.15) is 0 Å². The number of aromatic nitrogens is 2. The zero-order chi connectivity index (χ0) is 10.9. The van der Waals surface area contributed by atoms with Gasteiger partial charge in [-0.3, -0.25) is 4.79 Å². The third-order valence-corrected chi connectivity index (χ3v) is 1.94. The third kappa shape index (κ3) is 2.37. The van der Waals surface area contributed by atoms with Crippen molar-refractivity contribution in [2.75, 3.05) is 0 Å². The molecule has 0 radical (unpaired) electrons. The van der Waals surface area contributed by atoms with Gasteiger partial charge in [-0.25, -0.2) is 9.97 Å². The van der Waals surface area contributed by atoms with Crippen molar-refractivity contribution in [2.45, 2.75) is 40.0 Å². The maximum Gasteiger partial charge on any atom is 0.196 e. The first-order valence-electron chi connectivity index (χ1n) is 4.68. The summed E-state index contributed by atoms with van der Waals surface area (Å²) in [6.07, 6.45) is 0. The van der Waals surface area contributed by atoms with Gasteiger partial charge >= 0.3 is 0 Å². The Bertz CT molecular complexity index is 364. The highest BCUT2D eigenvalue weighted by Gasteiger charge is 2.18. The summed E-state index contributed by atoms with van der Waals surface area (Å²) in [7, 11) is 0. The molecule has 3 nitrogen and oxygen atoms in total. The van der Waals surface area contributed by atoms with E-state index in [1.54, 1.807) is 0 Å². The van der Waals surface area contributed by atoms with Gasteiger partial charge in [0.1, 0.15) is 0 Å². The number of carbonyl (C=O) groups is 1. The van der Waals surface area contributed by atoms with Crippen molar-refractivity contribution in [1.82, 2.24) is 9.97 Å². The van der Waals surface area contributed by atoms with Crippen LogP contribution >= 0.6 is 0 Å². The van der Waals surface area contributed by atoms with E-state index >= 15 is 0 Å². The van der Waals surface area contributed by atoms with E-state index in [0.29, 0.717) is 5.82 Å². The van der Waals surface area contributed by atoms with Gasteiger partial charge in [-0.05, 0) is 13.0 Å². The minimum atomic E-state index is -0.0841. The zero-order valence-electron chi connectivity index (χ0n) is 9.38. The minimum absolute atomic E-state index is 0.0437. The molecule has 1 aromatic heterocycles. The third-order valence-electron chi connectivity index (χ3n) is 1.94. The Balaban J connectivity index is 3.28. The monoisotopic (exact) mass is 192 g/mol. The number of rotatable bonds is 1. The first-order chi connectivity index (χ1) is 6.30. The second-order valence-electron chi connectivity index (χ2n) is 4.52. The number of aryl methyl sites for hydroxylation is 1. The maximum absolute atomic E-state index is 11.2. The maximum atomic E-state index is 11.2. The molecule has 76 valence electrons. The lowest BCUT2D eigenvalue weighted by atomic mass is 9.91. The van der Waals surface area contributed by atoms with Gasteiger partial charge < -0.3 is 0 Å². The first-order valence-corrected chi connectivity index (χ1v) is 4.68. The minimum Gasteiger partial charge on any atom is -0.291 e. The molecular formula is C11H16N2O. The van der Waals surface area contributed by atoms with E-state index in [4.69, 9.17) is 0 Å². The van der Waals surface area contributed by atoms with E-state index in [0.717, 1.165) is 11.4 Å². The van der Waals surface area contributed by atoms with Crippen LogP contribution in [0.5, 0.6) is 0 Å². The molecule has 1 aromatic rings. The number of ketones is 1. The van der Waals surface area contributed by atoms with Gasteiger partial charge in [-0.1, -0.05) is 20.8 Å². The number of nitrogens with zero attached hydrogens (tertiary/aromatic N) is 2. The molecule has 3 heteroatoms. The van der Waals surface area contributed by atoms with E-state index in [9.17, 15) is 4.79 Å². The van der Waals surface area contributed by atoms with Crippen molar-refractivity contribution >= 4 is 5.78 Å². The number of Topliss-reactive ketones (excluding diaryl/α,β-unsaturated/α-hetero) is 1. The van der Waals surface area contributed by atoms with Crippen LogP contribution in [0.15, 0.2) is 6.07 Å². The zero-order valence-corrected chi connectivity index (χ0v) is 9.38. The van der Waals surface area contributed by atoms with Crippen LogP contribution in [0.25, 0.3) is 0 Å². The molecule has 0 aliphatic rings. The Hall–Kier alpha value is -1.25. The lowest BCUT2D eigenvalue weighted by Crippen LogP contribution is -2.17. The molecule has 0 unspecified atom stereocenters. The largest absolute Gasteiger partial charge is 0.291 e.